The molecule has 2 heterocycles. The van der Waals surface area contributed by atoms with Gasteiger partial charge in [-0.25, -0.2) is 0 Å². The second kappa shape index (κ2) is 16.4. The molecule has 6 fully saturated rings. The Hall–Kier alpha value is -2.30. The minimum Gasteiger partial charge on any atom is -0.494 e. The van der Waals surface area contributed by atoms with Crippen molar-refractivity contribution in [3.05, 3.63) is 65.2 Å². The maximum Gasteiger partial charge on any atom is 0.119 e. The predicted octanol–water partition coefficient (Wildman–Crippen LogP) is 10.3. The van der Waals surface area contributed by atoms with Gasteiger partial charge in [0.1, 0.15) is 11.5 Å². The molecule has 4 aliphatic carbocycles. The molecule has 2 saturated heterocycles. The molecular formula is C45H68N2O2+2. The van der Waals surface area contributed by atoms with Crippen LogP contribution in [0.5, 0.6) is 11.5 Å². The molecule has 0 unspecified atom stereocenters. The number of nitrogens with zero attached hydrogens (tertiary/aromatic N) is 2. The first-order valence-electron chi connectivity index (χ1n) is 20.8. The first-order chi connectivity index (χ1) is 24.0. The summed E-state index contributed by atoms with van der Waals surface area (Å²) in [6.07, 6.45) is 23.1. The predicted molar refractivity (Wildman–Crippen MR) is 204 cm³/mol. The van der Waals surface area contributed by atoms with Crippen LogP contribution in [0.25, 0.3) is 5.57 Å². The molecule has 8 rings (SSSR count). The molecule has 0 atom stereocenters. The molecule has 0 amide bonds. The summed E-state index contributed by atoms with van der Waals surface area (Å²) in [7, 11) is 4.93. The Morgan fingerprint density at radius 1 is 0.510 bits per heavy atom. The van der Waals surface area contributed by atoms with Gasteiger partial charge in [0.15, 0.2) is 0 Å². The Morgan fingerprint density at radius 2 is 0.918 bits per heavy atom. The normalized spacial score (nSPS) is 26.9. The van der Waals surface area contributed by atoms with E-state index in [1.807, 2.05) is 0 Å². The molecule has 0 N–H and O–H groups in total. The minimum atomic E-state index is 0.766. The molecule has 4 saturated carbocycles. The van der Waals surface area contributed by atoms with Gasteiger partial charge in [-0.15, -0.1) is 0 Å². The summed E-state index contributed by atoms with van der Waals surface area (Å²) in [6.45, 7) is 9.82. The molecule has 0 radical (unpaired) electrons. The maximum absolute atomic E-state index is 6.28. The Bertz CT molecular complexity index is 1240. The second-order valence-electron chi connectivity index (χ2n) is 17.7. The molecule has 268 valence electrons. The molecule has 6 aliphatic rings. The molecule has 2 aliphatic heterocycles. The lowest BCUT2D eigenvalue weighted by Crippen LogP contribution is -2.48. The van der Waals surface area contributed by atoms with E-state index in [4.69, 9.17) is 9.47 Å². The van der Waals surface area contributed by atoms with Crippen molar-refractivity contribution < 1.29 is 18.4 Å². The van der Waals surface area contributed by atoms with Crippen molar-refractivity contribution >= 4 is 5.57 Å². The van der Waals surface area contributed by atoms with Crippen molar-refractivity contribution in [2.75, 3.05) is 66.6 Å². The van der Waals surface area contributed by atoms with Crippen molar-refractivity contribution in [3.8, 4) is 11.5 Å². The zero-order chi connectivity index (χ0) is 33.5. The summed E-state index contributed by atoms with van der Waals surface area (Å²) in [5, 5.41) is 0. The van der Waals surface area contributed by atoms with Crippen LogP contribution < -0.4 is 9.47 Å². The summed E-state index contributed by atoms with van der Waals surface area (Å²) >= 11 is 0. The Morgan fingerprint density at radius 3 is 1.33 bits per heavy atom. The quantitative estimate of drug-likeness (QED) is 0.131. The third kappa shape index (κ3) is 9.14. The van der Waals surface area contributed by atoms with Gasteiger partial charge in [0.2, 0.25) is 0 Å². The van der Waals surface area contributed by atoms with Crippen LogP contribution in [0.4, 0.5) is 0 Å². The first kappa shape index (κ1) is 35.1. The molecule has 4 heteroatoms. The number of hydrogen-bond donors (Lipinski definition) is 0. The van der Waals surface area contributed by atoms with Crippen LogP contribution in [0, 0.1) is 23.7 Å². The monoisotopic (exact) mass is 669 g/mol. The van der Waals surface area contributed by atoms with Crippen LogP contribution in [-0.2, 0) is 0 Å². The molecule has 2 aromatic carbocycles. The van der Waals surface area contributed by atoms with E-state index in [9.17, 15) is 0 Å². The van der Waals surface area contributed by atoms with Gasteiger partial charge >= 0.3 is 0 Å². The maximum atomic E-state index is 6.28. The average Bonchev–Trinajstić information content (AvgIpc) is 3.10. The number of benzene rings is 2. The fraction of sp³-hybridized carbons (Fsp3) is 0.689. The number of rotatable bonds is 16. The molecule has 0 aromatic heterocycles. The van der Waals surface area contributed by atoms with E-state index in [1.165, 1.54) is 161 Å². The lowest BCUT2D eigenvalue weighted by Gasteiger charge is -2.52. The number of allylic oxidation sites excluding steroid dienone is 1. The van der Waals surface area contributed by atoms with Gasteiger partial charge in [0, 0.05) is 0 Å². The fourth-order valence-electron chi connectivity index (χ4n) is 11.0. The van der Waals surface area contributed by atoms with Crippen LogP contribution in [0.1, 0.15) is 120 Å². The van der Waals surface area contributed by atoms with Crippen LogP contribution >= 0.6 is 0 Å². The third-order valence-corrected chi connectivity index (χ3v) is 13.6. The van der Waals surface area contributed by atoms with Gasteiger partial charge in [-0.05, 0) is 174 Å². The molecule has 0 spiro atoms. The highest BCUT2D eigenvalue weighted by Crippen LogP contribution is 2.58. The standard InChI is InChI=1S/C45H68N2O2/c1-46(23-7-3-8-24-46)27-11-5-13-29-48-42-19-15-38(16-20-42)44(45-40-32-36-31-37(34-40)35-41(45)33-36)39-17-21-43(22-18-39)49-30-14-6-12-28-47(2)25-9-4-10-26-47/h15-22,36-37,40-41H,3-14,23-35H2,1-2H3/q+2. The van der Waals surface area contributed by atoms with Crippen LogP contribution in [0.3, 0.4) is 0 Å². The van der Waals surface area contributed by atoms with E-state index in [2.05, 4.69) is 62.6 Å². The Balaban J connectivity index is 0.946. The third-order valence-electron chi connectivity index (χ3n) is 13.6. The van der Waals surface area contributed by atoms with Crippen molar-refractivity contribution in [1.29, 1.82) is 0 Å². The van der Waals surface area contributed by atoms with Gasteiger partial charge in [0.05, 0.1) is 66.6 Å². The molecule has 2 aromatic rings. The topological polar surface area (TPSA) is 18.5 Å². The number of likely N-dealkylation sites (tertiary alicyclic amines) is 2. The van der Waals surface area contributed by atoms with Gasteiger partial charge in [-0.2, -0.15) is 0 Å². The Kier molecular flexibility index (Phi) is 11.7. The minimum absolute atomic E-state index is 0.766. The smallest absolute Gasteiger partial charge is 0.119 e. The van der Waals surface area contributed by atoms with Crippen molar-refractivity contribution in [2.45, 2.75) is 109 Å². The highest BCUT2D eigenvalue weighted by Gasteiger charge is 2.46. The first-order valence-corrected chi connectivity index (χ1v) is 20.8. The van der Waals surface area contributed by atoms with Crippen LogP contribution in [-0.4, -0.2) is 75.5 Å². The average molecular weight is 669 g/mol. The van der Waals surface area contributed by atoms with Gasteiger partial charge in [-0.1, -0.05) is 29.8 Å². The zero-order valence-electron chi connectivity index (χ0n) is 31.3. The lowest BCUT2D eigenvalue weighted by atomic mass is 9.53. The summed E-state index contributed by atoms with van der Waals surface area (Å²) in [5.41, 5.74) is 6.01. The molecule has 4 bridgehead atoms. The highest BCUT2D eigenvalue weighted by molar-refractivity contribution is 5.83. The van der Waals surface area contributed by atoms with Gasteiger partial charge < -0.3 is 18.4 Å². The lowest BCUT2D eigenvalue weighted by molar-refractivity contribution is -0.914. The number of quaternary nitrogens is 2. The van der Waals surface area contributed by atoms with Crippen LogP contribution in [0.15, 0.2) is 54.1 Å². The van der Waals surface area contributed by atoms with E-state index in [0.29, 0.717) is 0 Å². The number of unbranched alkanes of at least 4 members (excludes halogenated alkanes) is 4. The van der Waals surface area contributed by atoms with Crippen molar-refractivity contribution in [3.63, 3.8) is 0 Å². The highest BCUT2D eigenvalue weighted by atomic mass is 16.5. The molecule has 4 nitrogen and oxygen atoms in total. The van der Waals surface area contributed by atoms with Gasteiger partial charge in [-0.3, -0.25) is 0 Å². The number of hydrogen-bond acceptors (Lipinski definition) is 2. The zero-order valence-corrected chi connectivity index (χ0v) is 31.3. The van der Waals surface area contributed by atoms with Crippen LogP contribution in [0.2, 0.25) is 0 Å². The summed E-state index contributed by atoms with van der Waals surface area (Å²) in [5.74, 6) is 5.50. The summed E-state index contributed by atoms with van der Waals surface area (Å²) < 4.78 is 15.1. The van der Waals surface area contributed by atoms with Gasteiger partial charge in [0.25, 0.3) is 0 Å². The van der Waals surface area contributed by atoms with Crippen molar-refractivity contribution in [2.24, 2.45) is 23.7 Å². The van der Waals surface area contributed by atoms with E-state index in [-0.39, 0.29) is 0 Å². The number of ether oxygens (including phenoxy) is 2. The fourth-order valence-corrected chi connectivity index (χ4v) is 11.0. The SMILES string of the molecule is C[N+]1(CCCCCOc2ccc(C(=C3C4CC5CC(C4)CC3C5)c3ccc(OCCCCC[N+]4(C)CCCCC4)cc3)cc2)CCCCC1. The molecule has 49 heavy (non-hydrogen) atoms. The van der Waals surface area contributed by atoms with E-state index < -0.39 is 0 Å². The van der Waals surface area contributed by atoms with E-state index >= 15 is 0 Å². The van der Waals surface area contributed by atoms with Crippen molar-refractivity contribution in [1.82, 2.24) is 0 Å². The Labute approximate surface area is 299 Å². The summed E-state index contributed by atoms with van der Waals surface area (Å²) in [6, 6.07) is 18.3. The van der Waals surface area contributed by atoms with E-state index in [0.717, 1.165) is 61.2 Å². The largest absolute Gasteiger partial charge is 0.494 e. The number of piperidine rings is 2. The molecular weight excluding hydrogens is 601 g/mol. The summed E-state index contributed by atoms with van der Waals surface area (Å²) in [4.78, 5) is 0. The van der Waals surface area contributed by atoms with E-state index in [1.54, 1.807) is 5.57 Å². The second-order valence-corrected chi connectivity index (χ2v) is 17.7.